The third-order valence-corrected chi connectivity index (χ3v) is 2.34. The maximum atomic E-state index is 9.51. The van der Waals surface area contributed by atoms with Crippen LogP contribution in [0.25, 0.3) is 0 Å². The Balaban J connectivity index is 2.22. The average Bonchev–Trinajstić information content (AvgIpc) is 2.29. The second kappa shape index (κ2) is 6.56. The maximum Gasteiger partial charge on any atom is 0.0821 e. The summed E-state index contributed by atoms with van der Waals surface area (Å²) in [5.41, 5.74) is 1.08. The van der Waals surface area contributed by atoms with E-state index in [9.17, 15) is 5.11 Å². The summed E-state index contributed by atoms with van der Waals surface area (Å²) in [7, 11) is 0. The average molecular weight is 210 g/mol. The van der Waals surface area contributed by atoms with Crippen LogP contribution >= 0.6 is 0 Å². The van der Waals surface area contributed by atoms with Gasteiger partial charge in [0.2, 0.25) is 0 Å². The van der Waals surface area contributed by atoms with E-state index >= 15 is 0 Å². The Morgan fingerprint density at radius 1 is 1.27 bits per heavy atom. The van der Waals surface area contributed by atoms with E-state index in [1.807, 2.05) is 30.3 Å². The number of hydrogen-bond donors (Lipinski definition) is 2. The van der Waals surface area contributed by atoms with E-state index in [-0.39, 0.29) is 19.1 Å². The van der Waals surface area contributed by atoms with Crippen molar-refractivity contribution in [3.05, 3.63) is 35.9 Å². The molecule has 3 heteroatoms. The molecular weight excluding hydrogens is 192 g/mol. The fourth-order valence-electron chi connectivity index (χ4n) is 1.16. The van der Waals surface area contributed by atoms with Crippen LogP contribution in [0.5, 0.6) is 0 Å². The lowest BCUT2D eigenvalue weighted by molar-refractivity contribution is -0.0109. The molecule has 84 valence electrons. The Morgan fingerprint density at radius 3 is 2.53 bits per heavy atom. The lowest BCUT2D eigenvalue weighted by Gasteiger charge is -2.16. The Hall–Kier alpha value is -0.900. The van der Waals surface area contributed by atoms with Gasteiger partial charge in [-0.05, 0) is 5.56 Å². The smallest absolute Gasteiger partial charge is 0.0821 e. The van der Waals surface area contributed by atoms with Gasteiger partial charge < -0.3 is 14.9 Å². The number of benzene rings is 1. The van der Waals surface area contributed by atoms with Crippen LogP contribution < -0.4 is 0 Å². The van der Waals surface area contributed by atoms with Crippen molar-refractivity contribution in [2.45, 2.75) is 19.6 Å². The minimum atomic E-state index is -0.598. The van der Waals surface area contributed by atoms with Crippen molar-refractivity contribution in [1.82, 2.24) is 0 Å². The maximum absolute atomic E-state index is 9.51. The molecule has 0 aromatic heterocycles. The van der Waals surface area contributed by atoms with Crippen LogP contribution in [0.15, 0.2) is 30.3 Å². The first-order chi connectivity index (χ1) is 7.24. The van der Waals surface area contributed by atoms with Crippen molar-refractivity contribution >= 4 is 0 Å². The minimum absolute atomic E-state index is 0.0180. The molecular formula is C12H18O3. The summed E-state index contributed by atoms with van der Waals surface area (Å²) in [5, 5.41) is 18.3. The highest BCUT2D eigenvalue weighted by atomic mass is 16.5. The van der Waals surface area contributed by atoms with Crippen LogP contribution in [0, 0.1) is 5.92 Å². The predicted octanol–water partition coefficient (Wildman–Crippen LogP) is 1.19. The lowest BCUT2D eigenvalue weighted by atomic mass is 10.1. The van der Waals surface area contributed by atoms with Crippen molar-refractivity contribution in [2.75, 3.05) is 13.2 Å². The van der Waals surface area contributed by atoms with Gasteiger partial charge in [0.05, 0.1) is 19.3 Å². The summed E-state index contributed by atoms with van der Waals surface area (Å²) in [5.74, 6) is -0.138. The van der Waals surface area contributed by atoms with Gasteiger partial charge in [-0.1, -0.05) is 37.3 Å². The molecule has 0 aliphatic carbocycles. The topological polar surface area (TPSA) is 49.7 Å². The highest BCUT2D eigenvalue weighted by Crippen LogP contribution is 2.05. The van der Waals surface area contributed by atoms with Crippen LogP contribution in [-0.2, 0) is 11.3 Å². The summed E-state index contributed by atoms with van der Waals surface area (Å²) < 4.78 is 5.34. The van der Waals surface area contributed by atoms with Gasteiger partial charge in [-0.2, -0.15) is 0 Å². The number of aliphatic hydroxyl groups excluding tert-OH is 2. The SMILES string of the molecule is C[C@H](CO)[C@@H](O)COCc1ccccc1. The Bertz CT molecular complexity index is 261. The predicted molar refractivity (Wildman–Crippen MR) is 58.4 cm³/mol. The summed E-state index contributed by atoms with van der Waals surface area (Å²) in [6.45, 7) is 2.53. The van der Waals surface area contributed by atoms with Crippen molar-refractivity contribution in [2.24, 2.45) is 5.92 Å². The zero-order valence-electron chi connectivity index (χ0n) is 8.97. The highest BCUT2D eigenvalue weighted by Gasteiger charge is 2.12. The first-order valence-electron chi connectivity index (χ1n) is 5.14. The van der Waals surface area contributed by atoms with E-state index in [0.717, 1.165) is 5.56 Å². The summed E-state index contributed by atoms with van der Waals surface area (Å²) in [4.78, 5) is 0. The Morgan fingerprint density at radius 2 is 1.93 bits per heavy atom. The van der Waals surface area contributed by atoms with E-state index in [1.165, 1.54) is 0 Å². The number of hydrogen-bond acceptors (Lipinski definition) is 3. The monoisotopic (exact) mass is 210 g/mol. The molecule has 1 rings (SSSR count). The zero-order valence-corrected chi connectivity index (χ0v) is 8.97. The van der Waals surface area contributed by atoms with E-state index in [2.05, 4.69) is 0 Å². The first-order valence-corrected chi connectivity index (χ1v) is 5.14. The zero-order chi connectivity index (χ0) is 11.1. The summed E-state index contributed by atoms with van der Waals surface area (Å²) in [6, 6.07) is 9.80. The van der Waals surface area contributed by atoms with Crippen LogP contribution in [0.4, 0.5) is 0 Å². The molecule has 0 unspecified atom stereocenters. The normalized spacial score (nSPS) is 14.9. The molecule has 0 spiro atoms. The molecule has 0 bridgehead atoms. The van der Waals surface area contributed by atoms with Gasteiger partial charge in [-0.15, -0.1) is 0 Å². The molecule has 1 aromatic rings. The van der Waals surface area contributed by atoms with E-state index < -0.39 is 6.10 Å². The lowest BCUT2D eigenvalue weighted by Crippen LogP contribution is -2.26. The largest absolute Gasteiger partial charge is 0.396 e. The first kappa shape index (κ1) is 12.2. The molecule has 0 saturated heterocycles. The molecule has 0 saturated carbocycles. The third-order valence-electron chi connectivity index (χ3n) is 2.34. The summed E-state index contributed by atoms with van der Waals surface area (Å²) in [6.07, 6.45) is -0.598. The molecule has 2 N–H and O–H groups in total. The van der Waals surface area contributed by atoms with Crippen LogP contribution in [0.2, 0.25) is 0 Å². The molecule has 3 nitrogen and oxygen atoms in total. The molecule has 0 aliphatic heterocycles. The second-order valence-corrected chi connectivity index (χ2v) is 3.73. The molecule has 0 fully saturated rings. The Labute approximate surface area is 90.3 Å². The highest BCUT2D eigenvalue weighted by molar-refractivity contribution is 5.13. The van der Waals surface area contributed by atoms with Crippen LogP contribution in [0.3, 0.4) is 0 Å². The van der Waals surface area contributed by atoms with Crippen LogP contribution in [-0.4, -0.2) is 29.5 Å². The second-order valence-electron chi connectivity index (χ2n) is 3.73. The van der Waals surface area contributed by atoms with Crippen LogP contribution in [0.1, 0.15) is 12.5 Å². The van der Waals surface area contributed by atoms with E-state index in [1.54, 1.807) is 6.92 Å². The molecule has 0 amide bonds. The van der Waals surface area contributed by atoms with Gasteiger partial charge in [0.25, 0.3) is 0 Å². The minimum Gasteiger partial charge on any atom is -0.396 e. The molecule has 15 heavy (non-hydrogen) atoms. The van der Waals surface area contributed by atoms with E-state index in [0.29, 0.717) is 6.61 Å². The molecule has 1 aromatic carbocycles. The number of aliphatic hydroxyl groups is 2. The third kappa shape index (κ3) is 4.42. The van der Waals surface area contributed by atoms with Crippen molar-refractivity contribution in [3.63, 3.8) is 0 Å². The van der Waals surface area contributed by atoms with Gasteiger partial charge in [0.15, 0.2) is 0 Å². The fourth-order valence-corrected chi connectivity index (χ4v) is 1.16. The fraction of sp³-hybridized carbons (Fsp3) is 0.500. The van der Waals surface area contributed by atoms with Gasteiger partial charge in [0.1, 0.15) is 0 Å². The molecule has 0 aliphatic rings. The van der Waals surface area contributed by atoms with Gasteiger partial charge in [-0.3, -0.25) is 0 Å². The Kier molecular flexibility index (Phi) is 5.32. The van der Waals surface area contributed by atoms with Gasteiger partial charge >= 0.3 is 0 Å². The molecule has 0 radical (unpaired) electrons. The van der Waals surface area contributed by atoms with Gasteiger partial charge in [-0.25, -0.2) is 0 Å². The molecule has 0 heterocycles. The van der Waals surface area contributed by atoms with Gasteiger partial charge in [0, 0.05) is 12.5 Å². The van der Waals surface area contributed by atoms with Crippen molar-refractivity contribution < 1.29 is 14.9 Å². The van der Waals surface area contributed by atoms with Crippen molar-refractivity contribution in [1.29, 1.82) is 0 Å². The van der Waals surface area contributed by atoms with Crippen molar-refractivity contribution in [3.8, 4) is 0 Å². The number of ether oxygens (including phenoxy) is 1. The number of rotatable bonds is 6. The summed E-state index contributed by atoms with van der Waals surface area (Å²) >= 11 is 0. The van der Waals surface area contributed by atoms with E-state index in [4.69, 9.17) is 9.84 Å². The standard InChI is InChI=1S/C12H18O3/c1-10(7-13)12(14)9-15-8-11-5-3-2-4-6-11/h2-6,10,12-14H,7-9H2,1H3/t10-,12+/m1/s1. The molecule has 2 atom stereocenters. The quantitative estimate of drug-likeness (QED) is 0.741.